The summed E-state index contributed by atoms with van der Waals surface area (Å²) in [4.78, 5) is 35.2. The third kappa shape index (κ3) is 6.31. The Hall–Kier alpha value is -3.55. The van der Waals surface area contributed by atoms with Gasteiger partial charge in [0.2, 0.25) is 0 Å². The second-order valence-corrected chi connectivity index (χ2v) is 5.69. The van der Waals surface area contributed by atoms with E-state index in [1.165, 1.54) is 36.4 Å². The van der Waals surface area contributed by atoms with Crippen molar-refractivity contribution in [1.29, 1.82) is 0 Å². The number of carbonyl (C=O) groups is 3. The fraction of sp³-hybridized carbons (Fsp3) is 0.250. The van der Waals surface area contributed by atoms with Crippen molar-refractivity contribution < 1.29 is 29.0 Å². The van der Waals surface area contributed by atoms with E-state index in [9.17, 15) is 19.5 Å². The molecule has 0 unspecified atom stereocenters. The van der Waals surface area contributed by atoms with Crippen molar-refractivity contribution in [2.24, 2.45) is 0 Å². The molecule has 0 fully saturated rings. The van der Waals surface area contributed by atoms with Gasteiger partial charge >= 0.3 is 6.16 Å². The van der Waals surface area contributed by atoms with Crippen LogP contribution in [0.3, 0.4) is 0 Å². The summed E-state index contributed by atoms with van der Waals surface area (Å²) in [5.41, 5.74) is 0.617. The zero-order chi connectivity index (χ0) is 20.4. The smallest absolute Gasteiger partial charge is 0.507 e. The minimum atomic E-state index is -0.800. The first-order chi connectivity index (χ1) is 13.5. The number of phenols is 1. The van der Waals surface area contributed by atoms with E-state index in [4.69, 9.17) is 4.74 Å². The van der Waals surface area contributed by atoms with Gasteiger partial charge in [-0.2, -0.15) is 0 Å². The van der Waals surface area contributed by atoms with E-state index in [2.05, 4.69) is 15.4 Å². The Morgan fingerprint density at radius 3 is 2.21 bits per heavy atom. The molecule has 2 aromatic carbocycles. The number of benzene rings is 2. The van der Waals surface area contributed by atoms with Crippen LogP contribution in [-0.4, -0.2) is 42.8 Å². The Labute approximate surface area is 162 Å². The standard InChI is InChI=1S/C20H22N2O6/c1-2-27-20(26)28-15-10-8-14(9-11-15)18(24)21-12-5-13-22-19(25)16-6-3-4-7-17(16)23/h3-4,6-11,23H,2,5,12-13H2,1H3,(H,21,24)(H,22,25). The van der Waals surface area contributed by atoms with Gasteiger partial charge in [0.05, 0.1) is 12.2 Å². The van der Waals surface area contributed by atoms with Crippen LogP contribution in [0.2, 0.25) is 0 Å². The van der Waals surface area contributed by atoms with E-state index < -0.39 is 6.16 Å². The van der Waals surface area contributed by atoms with Gasteiger partial charge in [0.1, 0.15) is 11.5 Å². The van der Waals surface area contributed by atoms with Gasteiger partial charge in [-0.1, -0.05) is 12.1 Å². The second-order valence-electron chi connectivity index (χ2n) is 5.69. The van der Waals surface area contributed by atoms with Gasteiger partial charge in [-0.15, -0.1) is 0 Å². The lowest BCUT2D eigenvalue weighted by Gasteiger charge is -2.08. The van der Waals surface area contributed by atoms with Crippen molar-refractivity contribution in [1.82, 2.24) is 10.6 Å². The number of aromatic hydroxyl groups is 1. The Morgan fingerprint density at radius 1 is 0.929 bits per heavy atom. The van der Waals surface area contributed by atoms with Crippen molar-refractivity contribution in [3.63, 3.8) is 0 Å². The maximum absolute atomic E-state index is 12.1. The van der Waals surface area contributed by atoms with Crippen LogP contribution in [0.4, 0.5) is 4.79 Å². The highest BCUT2D eigenvalue weighted by molar-refractivity contribution is 5.96. The van der Waals surface area contributed by atoms with E-state index >= 15 is 0 Å². The minimum Gasteiger partial charge on any atom is -0.507 e. The van der Waals surface area contributed by atoms with Gasteiger partial charge in [-0.25, -0.2) is 4.79 Å². The zero-order valence-corrected chi connectivity index (χ0v) is 15.4. The molecule has 8 heteroatoms. The zero-order valence-electron chi connectivity index (χ0n) is 15.4. The molecule has 2 amide bonds. The molecule has 0 aliphatic carbocycles. The molecule has 0 saturated heterocycles. The van der Waals surface area contributed by atoms with Crippen LogP contribution in [0.25, 0.3) is 0 Å². The Bertz CT molecular complexity index is 820. The quantitative estimate of drug-likeness (QED) is 0.365. The number of carbonyl (C=O) groups excluding carboxylic acids is 3. The third-order valence-electron chi connectivity index (χ3n) is 3.65. The molecule has 148 valence electrons. The average molecular weight is 386 g/mol. The predicted molar refractivity (Wildman–Crippen MR) is 101 cm³/mol. The van der Waals surface area contributed by atoms with Crippen LogP contribution in [-0.2, 0) is 4.74 Å². The summed E-state index contributed by atoms with van der Waals surface area (Å²) in [6.45, 7) is 2.60. The maximum Gasteiger partial charge on any atom is 0.513 e. The van der Waals surface area contributed by atoms with Crippen molar-refractivity contribution in [2.45, 2.75) is 13.3 Å². The summed E-state index contributed by atoms with van der Waals surface area (Å²) in [6.07, 6.45) is -0.277. The molecule has 0 radical (unpaired) electrons. The minimum absolute atomic E-state index is 0.0799. The second kappa shape index (κ2) is 10.6. The number of hydrogen-bond acceptors (Lipinski definition) is 6. The molecule has 0 aliphatic rings. The lowest BCUT2D eigenvalue weighted by molar-refractivity contribution is 0.0949. The molecule has 0 spiro atoms. The Kier molecular flexibility index (Phi) is 7.83. The van der Waals surface area contributed by atoms with Gasteiger partial charge in [0.25, 0.3) is 11.8 Å². The summed E-state index contributed by atoms with van der Waals surface area (Å²) >= 11 is 0. The summed E-state index contributed by atoms with van der Waals surface area (Å²) in [6, 6.07) is 12.3. The molecule has 8 nitrogen and oxygen atoms in total. The molecular weight excluding hydrogens is 364 g/mol. The van der Waals surface area contributed by atoms with Crippen molar-refractivity contribution in [3.8, 4) is 11.5 Å². The van der Waals surface area contributed by atoms with E-state index in [0.29, 0.717) is 25.1 Å². The van der Waals surface area contributed by atoms with E-state index in [1.54, 1.807) is 19.1 Å². The van der Waals surface area contributed by atoms with Crippen LogP contribution in [0.5, 0.6) is 11.5 Å². The average Bonchev–Trinajstić information content (AvgIpc) is 2.68. The van der Waals surface area contributed by atoms with Crippen LogP contribution >= 0.6 is 0 Å². The summed E-state index contributed by atoms with van der Waals surface area (Å²) in [5, 5.41) is 15.0. The number of nitrogens with one attached hydrogen (secondary N) is 2. The number of phenolic OH excluding ortho intramolecular Hbond substituents is 1. The highest BCUT2D eigenvalue weighted by Crippen LogP contribution is 2.15. The fourth-order valence-corrected chi connectivity index (χ4v) is 2.27. The van der Waals surface area contributed by atoms with Gasteiger partial charge < -0.3 is 25.2 Å². The van der Waals surface area contributed by atoms with Gasteiger partial charge in [-0.05, 0) is 49.7 Å². The summed E-state index contributed by atoms with van der Waals surface area (Å²) in [5.74, 6) is -0.457. The molecule has 0 atom stereocenters. The molecule has 0 aromatic heterocycles. The first kappa shape index (κ1) is 20.8. The van der Waals surface area contributed by atoms with Gasteiger partial charge in [0.15, 0.2) is 0 Å². The Balaban J connectivity index is 1.70. The van der Waals surface area contributed by atoms with Crippen molar-refractivity contribution >= 4 is 18.0 Å². The monoisotopic (exact) mass is 386 g/mol. The van der Waals surface area contributed by atoms with Crippen LogP contribution < -0.4 is 15.4 Å². The molecule has 0 saturated carbocycles. The molecular formula is C20H22N2O6. The maximum atomic E-state index is 12.1. The SMILES string of the molecule is CCOC(=O)Oc1ccc(C(=O)NCCCNC(=O)c2ccccc2O)cc1. The lowest BCUT2D eigenvalue weighted by Crippen LogP contribution is -2.29. The van der Waals surface area contributed by atoms with Crippen molar-refractivity contribution in [2.75, 3.05) is 19.7 Å². The molecule has 28 heavy (non-hydrogen) atoms. The third-order valence-corrected chi connectivity index (χ3v) is 3.65. The number of rotatable bonds is 8. The fourth-order valence-electron chi connectivity index (χ4n) is 2.27. The number of hydrogen-bond donors (Lipinski definition) is 3. The lowest BCUT2D eigenvalue weighted by atomic mass is 10.2. The Morgan fingerprint density at radius 2 is 1.57 bits per heavy atom. The normalized spacial score (nSPS) is 10.0. The predicted octanol–water partition coefficient (Wildman–Crippen LogP) is 2.48. The van der Waals surface area contributed by atoms with Gasteiger partial charge in [0, 0.05) is 18.7 Å². The molecule has 3 N–H and O–H groups in total. The van der Waals surface area contributed by atoms with E-state index in [-0.39, 0.29) is 35.5 Å². The molecule has 0 aliphatic heterocycles. The molecule has 2 rings (SSSR count). The van der Waals surface area contributed by atoms with E-state index in [0.717, 1.165) is 0 Å². The van der Waals surface area contributed by atoms with Crippen LogP contribution in [0.15, 0.2) is 48.5 Å². The summed E-state index contributed by atoms with van der Waals surface area (Å²) in [7, 11) is 0. The number of amides is 2. The van der Waals surface area contributed by atoms with E-state index in [1.807, 2.05) is 0 Å². The van der Waals surface area contributed by atoms with Crippen LogP contribution in [0.1, 0.15) is 34.1 Å². The highest BCUT2D eigenvalue weighted by atomic mass is 16.7. The number of para-hydroxylation sites is 1. The van der Waals surface area contributed by atoms with Crippen LogP contribution in [0, 0.1) is 0 Å². The molecule has 0 bridgehead atoms. The topological polar surface area (TPSA) is 114 Å². The first-order valence-corrected chi connectivity index (χ1v) is 8.80. The number of ether oxygens (including phenoxy) is 2. The summed E-state index contributed by atoms with van der Waals surface area (Å²) < 4.78 is 9.59. The first-order valence-electron chi connectivity index (χ1n) is 8.80. The highest BCUT2D eigenvalue weighted by Gasteiger charge is 2.10. The van der Waals surface area contributed by atoms with Crippen molar-refractivity contribution in [3.05, 3.63) is 59.7 Å². The largest absolute Gasteiger partial charge is 0.513 e. The molecule has 2 aromatic rings. The van der Waals surface area contributed by atoms with Gasteiger partial charge in [-0.3, -0.25) is 9.59 Å². The molecule has 0 heterocycles.